The van der Waals surface area contributed by atoms with Gasteiger partial charge in [0, 0.05) is 55.9 Å². The Kier molecular flexibility index (Phi) is 8.06. The van der Waals surface area contributed by atoms with E-state index in [9.17, 15) is 0 Å². The van der Waals surface area contributed by atoms with E-state index < -0.39 is 0 Å². The molecule has 6 heteroatoms. The molecule has 63 heavy (non-hydrogen) atoms. The molecular weight excluding hydrogens is 769 g/mol. The highest BCUT2D eigenvalue weighted by Gasteiger charge is 2.37. The van der Waals surface area contributed by atoms with Gasteiger partial charge in [0.2, 0.25) is 0 Å². The van der Waals surface area contributed by atoms with Crippen LogP contribution in [-0.2, 0) is 0 Å². The van der Waals surface area contributed by atoms with Gasteiger partial charge in [-0.3, -0.25) is 0 Å². The Morgan fingerprint density at radius 3 is 1.35 bits per heavy atom. The summed E-state index contributed by atoms with van der Waals surface area (Å²) in [5.74, 6) is 1.94. The largest absolute Gasteiger partial charge is 0.330 e. The summed E-state index contributed by atoms with van der Waals surface area (Å²) >= 11 is 0. The van der Waals surface area contributed by atoms with E-state index in [1.807, 2.05) is 60.7 Å². The number of anilines is 2. The first-order valence-electron chi connectivity index (χ1n) is 21.8. The average Bonchev–Trinajstić information content (AvgIpc) is 4.00. The molecule has 4 heterocycles. The van der Waals surface area contributed by atoms with Crippen molar-refractivity contribution in [2.24, 2.45) is 0 Å². The Hall–Kier alpha value is -8.09. The summed E-state index contributed by atoms with van der Waals surface area (Å²) in [4.78, 5) is 20.0. The van der Waals surface area contributed by atoms with Crippen LogP contribution in [0.1, 0.15) is 12.8 Å². The van der Waals surface area contributed by atoms with Crippen molar-refractivity contribution in [3.05, 3.63) is 240 Å². The molecule has 2 atom stereocenters. The quantitative estimate of drug-likeness (QED) is 0.167. The zero-order valence-corrected chi connectivity index (χ0v) is 34.4. The van der Waals surface area contributed by atoms with E-state index in [0.717, 1.165) is 46.3 Å². The first kappa shape index (κ1) is 35.6. The minimum atomic E-state index is 0.162. The molecule has 5 aromatic carbocycles. The number of rotatable bonds is 6. The smallest absolute Gasteiger partial charge is 0.164 e. The van der Waals surface area contributed by atoms with Gasteiger partial charge in [-0.1, -0.05) is 134 Å². The van der Waals surface area contributed by atoms with Gasteiger partial charge < -0.3 is 14.4 Å². The Morgan fingerprint density at radius 1 is 0.429 bits per heavy atom. The zero-order valence-electron chi connectivity index (χ0n) is 34.4. The van der Waals surface area contributed by atoms with E-state index >= 15 is 0 Å². The maximum absolute atomic E-state index is 5.02. The summed E-state index contributed by atoms with van der Waals surface area (Å²) in [7, 11) is 0. The number of aromatic nitrogens is 4. The van der Waals surface area contributed by atoms with Gasteiger partial charge in [-0.15, -0.1) is 0 Å². The van der Waals surface area contributed by atoms with Gasteiger partial charge in [0.1, 0.15) is 0 Å². The van der Waals surface area contributed by atoms with Crippen LogP contribution in [0.3, 0.4) is 0 Å². The van der Waals surface area contributed by atoms with Crippen LogP contribution >= 0.6 is 0 Å². The molecular formula is C57H40N6. The van der Waals surface area contributed by atoms with Gasteiger partial charge in [0.15, 0.2) is 17.5 Å². The summed E-state index contributed by atoms with van der Waals surface area (Å²) in [5, 5.41) is 2.43. The summed E-state index contributed by atoms with van der Waals surface area (Å²) in [6.07, 6.45) is 33.4. The molecule has 0 saturated heterocycles. The topological polar surface area (TPSA) is 50.1 Å². The minimum Gasteiger partial charge on any atom is -0.330 e. The fourth-order valence-electron chi connectivity index (χ4n) is 10.3. The van der Waals surface area contributed by atoms with Crippen LogP contribution in [-0.4, -0.2) is 31.6 Å². The maximum atomic E-state index is 5.02. The predicted molar refractivity (Wildman–Crippen MR) is 257 cm³/mol. The van der Waals surface area contributed by atoms with Gasteiger partial charge in [-0.25, -0.2) is 15.0 Å². The van der Waals surface area contributed by atoms with Crippen LogP contribution in [0.2, 0.25) is 0 Å². The van der Waals surface area contributed by atoms with Crippen LogP contribution < -0.4 is 9.80 Å². The fourth-order valence-corrected chi connectivity index (χ4v) is 10.3. The van der Waals surface area contributed by atoms with Gasteiger partial charge in [-0.05, 0) is 108 Å². The monoisotopic (exact) mass is 808 g/mol. The lowest BCUT2D eigenvalue weighted by Gasteiger charge is -2.29. The molecule has 13 rings (SSSR count). The van der Waals surface area contributed by atoms with Gasteiger partial charge in [0.25, 0.3) is 0 Å². The molecule has 6 nitrogen and oxygen atoms in total. The highest BCUT2D eigenvalue weighted by molar-refractivity contribution is 6.11. The molecule has 6 aliphatic rings. The molecule has 2 aliphatic heterocycles. The van der Waals surface area contributed by atoms with Crippen molar-refractivity contribution < 1.29 is 0 Å². The second-order valence-corrected chi connectivity index (χ2v) is 16.7. The molecule has 0 bridgehead atoms. The summed E-state index contributed by atoms with van der Waals surface area (Å²) < 4.78 is 2.41. The zero-order chi connectivity index (χ0) is 41.4. The molecule has 0 N–H and O–H groups in total. The molecule has 0 spiro atoms. The number of allylic oxidation sites excluding steroid dienone is 12. The predicted octanol–water partition coefficient (Wildman–Crippen LogP) is 12.9. The molecule has 298 valence electrons. The van der Waals surface area contributed by atoms with E-state index in [4.69, 9.17) is 15.0 Å². The van der Waals surface area contributed by atoms with Crippen molar-refractivity contribution in [2.75, 3.05) is 9.80 Å². The Morgan fingerprint density at radius 2 is 0.873 bits per heavy atom. The van der Waals surface area contributed by atoms with Crippen molar-refractivity contribution in [3.63, 3.8) is 0 Å². The van der Waals surface area contributed by atoms with Gasteiger partial charge >= 0.3 is 0 Å². The molecule has 0 amide bonds. The first-order chi connectivity index (χ1) is 31.2. The van der Waals surface area contributed by atoms with Crippen molar-refractivity contribution in [1.82, 2.24) is 19.5 Å². The van der Waals surface area contributed by atoms with Crippen molar-refractivity contribution >= 4 is 33.2 Å². The van der Waals surface area contributed by atoms with Crippen LogP contribution in [0.5, 0.6) is 0 Å². The van der Waals surface area contributed by atoms with E-state index in [1.165, 1.54) is 55.8 Å². The molecule has 4 aliphatic carbocycles. The van der Waals surface area contributed by atoms with Crippen LogP contribution in [0, 0.1) is 0 Å². The standard InChI is InChI=1S/C57H40N6/c1-3-15-37(16-4-1)55-58-56(38-17-5-2-6-18-38)60-57(59-55)39-27-29-40(30-28-39)61-53-33-31-41(62-49-23-11-7-19-43(49)44-20-8-12-24-50(44)62)35-47(53)48-36-42(32-34-54(48)61)63-51-25-13-9-21-45(51)46-22-10-14-26-52(46)63/h1-19,21,23-36,49,51H,20,22H2. The lowest BCUT2D eigenvalue weighted by Crippen LogP contribution is -2.29. The fraction of sp³-hybridized carbons (Fsp3) is 0.0702. The number of hydrogen-bond acceptors (Lipinski definition) is 5. The minimum absolute atomic E-state index is 0.162. The number of benzene rings is 5. The number of fused-ring (bicyclic) bond motifs is 7. The first-order valence-corrected chi connectivity index (χ1v) is 21.8. The Balaban J connectivity index is 0.965. The van der Waals surface area contributed by atoms with Gasteiger partial charge in [0.05, 0.1) is 23.1 Å². The van der Waals surface area contributed by atoms with Crippen LogP contribution in [0.25, 0.3) is 61.7 Å². The van der Waals surface area contributed by atoms with Crippen LogP contribution in [0.4, 0.5) is 11.4 Å². The molecule has 7 aromatic rings. The van der Waals surface area contributed by atoms with Gasteiger partial charge in [-0.2, -0.15) is 0 Å². The van der Waals surface area contributed by atoms with E-state index in [-0.39, 0.29) is 12.1 Å². The summed E-state index contributed by atoms with van der Waals surface area (Å²) in [6.45, 7) is 0. The highest BCUT2D eigenvalue weighted by Crippen LogP contribution is 2.47. The van der Waals surface area contributed by atoms with Crippen molar-refractivity contribution in [1.29, 1.82) is 0 Å². The molecule has 0 radical (unpaired) electrons. The summed E-state index contributed by atoms with van der Waals surface area (Å²) in [5.41, 5.74) is 16.8. The normalized spacial score (nSPS) is 19.2. The SMILES string of the molecule is C1=CCC2=C3C=CC=CC3N(c3ccc4c(c3)c3cc(N5C6=CC=CCC6=C6C=CC=CC65)ccc3n4-c3ccc(-c4nc(-c5ccccc5)nc(-c5ccccc5)n4)cc3)C2=C1. The Labute approximate surface area is 365 Å². The van der Waals surface area contributed by atoms with Crippen molar-refractivity contribution in [2.45, 2.75) is 24.9 Å². The third kappa shape index (κ3) is 5.68. The van der Waals surface area contributed by atoms with E-state index in [0.29, 0.717) is 17.5 Å². The van der Waals surface area contributed by atoms with E-state index in [2.05, 4.69) is 160 Å². The molecule has 0 saturated carbocycles. The van der Waals surface area contributed by atoms with E-state index in [1.54, 1.807) is 0 Å². The molecule has 2 unspecified atom stereocenters. The number of hydrogen-bond donors (Lipinski definition) is 0. The second kappa shape index (κ2) is 14.3. The Bertz CT molecular complexity index is 3190. The van der Waals surface area contributed by atoms with Crippen LogP contribution in [0.15, 0.2) is 240 Å². The lowest BCUT2D eigenvalue weighted by atomic mass is 9.96. The van der Waals surface area contributed by atoms with Crippen molar-refractivity contribution in [3.8, 4) is 39.9 Å². The highest BCUT2D eigenvalue weighted by atomic mass is 15.2. The second-order valence-electron chi connectivity index (χ2n) is 16.7. The lowest BCUT2D eigenvalue weighted by molar-refractivity contribution is 0.914. The summed E-state index contributed by atoms with van der Waals surface area (Å²) in [6, 6.07) is 43.4. The molecule has 2 aromatic heterocycles. The maximum Gasteiger partial charge on any atom is 0.164 e. The third-order valence-corrected chi connectivity index (χ3v) is 13.2. The molecule has 0 fully saturated rings. The third-order valence-electron chi connectivity index (χ3n) is 13.2. The number of nitrogens with zero attached hydrogens (tertiary/aromatic N) is 6. The average molecular weight is 809 g/mol.